The molecule has 1 unspecified atom stereocenters. The van der Waals surface area contributed by atoms with E-state index in [9.17, 15) is 9.90 Å². The predicted molar refractivity (Wildman–Crippen MR) is 159 cm³/mol. The molecule has 0 aromatic carbocycles. The highest BCUT2D eigenvalue weighted by molar-refractivity contribution is 7.16. The lowest BCUT2D eigenvalue weighted by atomic mass is 10.2. The van der Waals surface area contributed by atoms with Crippen LogP contribution in [0.4, 0.5) is 10.9 Å². The Morgan fingerprint density at radius 1 is 1.25 bits per heavy atom. The van der Waals surface area contributed by atoms with E-state index in [1.165, 1.54) is 22.7 Å². The minimum Gasteiger partial charge on any atom is -0.481 e. The Bertz CT molecular complexity index is 1300. The minimum atomic E-state index is -1.09. The van der Waals surface area contributed by atoms with E-state index in [4.69, 9.17) is 27.4 Å². The first-order chi connectivity index (χ1) is 19.2. The van der Waals surface area contributed by atoms with Gasteiger partial charge in [0, 0.05) is 60.6 Å². The van der Waals surface area contributed by atoms with Crippen LogP contribution in [0.3, 0.4) is 0 Å². The number of carbonyl (C=O) groups is 1. The number of nitrogens with two attached hydrogens (primary N) is 1. The number of hydrogen-bond acceptors (Lipinski definition) is 12. The van der Waals surface area contributed by atoms with E-state index in [0.717, 1.165) is 54.4 Å². The summed E-state index contributed by atoms with van der Waals surface area (Å²) < 4.78 is 0.695. The highest BCUT2D eigenvalue weighted by atomic mass is 35.5. The van der Waals surface area contributed by atoms with E-state index in [-0.39, 0.29) is 18.6 Å². The van der Waals surface area contributed by atoms with Crippen molar-refractivity contribution in [1.82, 2.24) is 24.8 Å². The second-order valence-corrected chi connectivity index (χ2v) is 13.1. The maximum atomic E-state index is 10.9. The molecule has 0 aliphatic carbocycles. The second kappa shape index (κ2) is 12.6. The van der Waals surface area contributed by atoms with Gasteiger partial charge in [-0.1, -0.05) is 11.6 Å². The van der Waals surface area contributed by atoms with Crippen molar-refractivity contribution in [2.75, 3.05) is 36.4 Å². The number of aliphatic hydroxyl groups excluding tert-OH is 1. The Balaban J connectivity index is 1.26. The third kappa shape index (κ3) is 6.73. The zero-order valence-corrected chi connectivity index (χ0v) is 24.9. The number of aliphatic carboxylic acids is 1. The maximum Gasteiger partial charge on any atom is 0.304 e. The molecule has 0 saturated carbocycles. The van der Waals surface area contributed by atoms with Crippen LogP contribution in [0.2, 0.25) is 4.34 Å². The lowest BCUT2D eigenvalue weighted by Gasteiger charge is -2.40. The van der Waals surface area contributed by atoms with Crippen LogP contribution in [0.15, 0.2) is 23.8 Å². The molecule has 40 heavy (non-hydrogen) atoms. The van der Waals surface area contributed by atoms with E-state index in [1.54, 1.807) is 12.4 Å². The summed E-state index contributed by atoms with van der Waals surface area (Å²) >= 11 is 9.18. The van der Waals surface area contributed by atoms with E-state index in [0.29, 0.717) is 34.3 Å². The van der Waals surface area contributed by atoms with Crippen molar-refractivity contribution in [1.29, 1.82) is 0 Å². The molecule has 0 radical (unpaired) electrons. The smallest absolute Gasteiger partial charge is 0.304 e. The van der Waals surface area contributed by atoms with Crippen molar-refractivity contribution < 1.29 is 15.0 Å². The van der Waals surface area contributed by atoms with E-state index >= 15 is 0 Å². The largest absolute Gasteiger partial charge is 0.481 e. The molecule has 4 atom stereocenters. The Morgan fingerprint density at radius 2 is 2.08 bits per heavy atom. The number of nitrogens with one attached hydrogen (secondary N) is 1. The van der Waals surface area contributed by atoms with Crippen LogP contribution in [-0.2, 0) is 11.3 Å². The van der Waals surface area contributed by atoms with Gasteiger partial charge >= 0.3 is 5.97 Å². The van der Waals surface area contributed by atoms with Gasteiger partial charge in [-0.2, -0.15) is 0 Å². The van der Waals surface area contributed by atoms with Crippen molar-refractivity contribution in [3.8, 4) is 11.3 Å². The number of hydrogen-bond donors (Lipinski definition) is 4. The average Bonchev–Trinajstić information content (AvgIpc) is 3.62. The Kier molecular flexibility index (Phi) is 9.20. The van der Waals surface area contributed by atoms with Gasteiger partial charge in [-0.05, 0) is 32.8 Å². The third-order valence-corrected chi connectivity index (χ3v) is 9.65. The molecule has 2 aliphatic rings. The first-order valence-corrected chi connectivity index (χ1v) is 15.5. The quantitative estimate of drug-likeness (QED) is 0.251. The second-order valence-electron chi connectivity index (χ2n) is 10.4. The molecule has 5 N–H and O–H groups in total. The normalized spacial score (nSPS) is 23.0. The first kappa shape index (κ1) is 29.1. The standard InChI is InChI=1S/C26H35ClN8O3S2/c1-15-3-4-21(28)35(15)13-19-24(17-9-20(27)39-14-17)31-26(40-19)32-25(38)18-10-30-22(11-29-18)34-8-7-33(12-16(34)2)6-5-23(36)37/h9-11,14-16,21,25,38H,3-8,12-13,28H2,1-2H3,(H,31,32)(H,36,37)/t15-,16-,21+,25?/m1/s1. The summed E-state index contributed by atoms with van der Waals surface area (Å²) in [7, 11) is 0. The molecule has 0 amide bonds. The molecule has 216 valence electrons. The Hall–Kier alpha value is -2.39. The number of aromatic nitrogens is 3. The number of nitrogens with zero attached hydrogens (tertiary/aromatic N) is 6. The number of piperazine rings is 1. The number of carboxylic acids is 1. The van der Waals surface area contributed by atoms with Gasteiger partial charge in [-0.15, -0.1) is 22.7 Å². The van der Waals surface area contributed by atoms with Crippen LogP contribution in [0.5, 0.6) is 0 Å². The highest BCUT2D eigenvalue weighted by Crippen LogP contribution is 2.38. The molecule has 0 spiro atoms. The Morgan fingerprint density at radius 3 is 2.70 bits per heavy atom. The number of aliphatic hydroxyl groups is 1. The van der Waals surface area contributed by atoms with E-state index < -0.39 is 12.2 Å². The SMILES string of the molecule is C[C@@H]1CN(CCC(=O)O)CCN1c1cnc(C(O)Nc2nc(-c3csc(Cl)c3)c(CN3[C@H](C)CC[C@H]3N)s2)cn1. The molecule has 0 bridgehead atoms. The number of rotatable bonds is 10. The van der Waals surface area contributed by atoms with Crippen molar-refractivity contribution in [3.63, 3.8) is 0 Å². The van der Waals surface area contributed by atoms with Crippen LogP contribution in [0.25, 0.3) is 11.3 Å². The van der Waals surface area contributed by atoms with Gasteiger partial charge in [-0.25, -0.2) is 9.97 Å². The van der Waals surface area contributed by atoms with Gasteiger partial charge in [0.1, 0.15) is 11.5 Å². The molecule has 5 rings (SSSR count). The van der Waals surface area contributed by atoms with Gasteiger partial charge < -0.3 is 26.2 Å². The van der Waals surface area contributed by atoms with Gasteiger partial charge in [0.25, 0.3) is 0 Å². The topological polar surface area (TPSA) is 144 Å². The molecular formula is C26H35ClN8O3S2. The van der Waals surface area contributed by atoms with Crippen molar-refractivity contribution in [2.45, 2.75) is 64.1 Å². The zero-order valence-electron chi connectivity index (χ0n) is 22.5. The summed E-state index contributed by atoms with van der Waals surface area (Å²) in [6.07, 6.45) is 4.36. The van der Waals surface area contributed by atoms with Gasteiger partial charge in [0.05, 0.1) is 35.0 Å². The fourth-order valence-electron chi connectivity index (χ4n) is 5.33. The van der Waals surface area contributed by atoms with E-state index in [1.807, 2.05) is 11.4 Å². The van der Waals surface area contributed by atoms with Crippen molar-refractivity contribution in [3.05, 3.63) is 38.7 Å². The lowest BCUT2D eigenvalue weighted by Crippen LogP contribution is -2.52. The summed E-state index contributed by atoms with van der Waals surface area (Å²) in [6.45, 7) is 7.75. The molecular weight excluding hydrogens is 572 g/mol. The number of thiophene rings is 1. The maximum absolute atomic E-state index is 10.9. The van der Waals surface area contributed by atoms with Crippen molar-refractivity contribution >= 4 is 51.2 Å². The van der Waals surface area contributed by atoms with Gasteiger partial charge in [0.15, 0.2) is 11.4 Å². The number of halogens is 1. The molecule has 3 aromatic heterocycles. The van der Waals surface area contributed by atoms with Gasteiger partial charge in [-0.3, -0.25) is 19.6 Å². The number of carboxylic acid groups (broad SMARTS) is 1. The third-order valence-electron chi connectivity index (χ3n) is 7.58. The molecule has 2 aliphatic heterocycles. The average molecular weight is 607 g/mol. The van der Waals surface area contributed by atoms with E-state index in [2.05, 4.69) is 43.8 Å². The van der Waals surface area contributed by atoms with Crippen LogP contribution in [0, 0.1) is 0 Å². The predicted octanol–water partition coefficient (Wildman–Crippen LogP) is 3.67. The molecule has 11 nitrogen and oxygen atoms in total. The summed E-state index contributed by atoms with van der Waals surface area (Å²) in [5, 5.41) is 25.6. The molecule has 3 aromatic rings. The number of thiazole rings is 1. The lowest BCUT2D eigenvalue weighted by molar-refractivity contribution is -0.137. The fourth-order valence-corrected chi connectivity index (χ4v) is 7.21. The summed E-state index contributed by atoms with van der Waals surface area (Å²) in [5.74, 6) is -0.0549. The molecule has 2 saturated heterocycles. The fraction of sp³-hybridized carbons (Fsp3) is 0.538. The number of likely N-dealkylation sites (tertiary alicyclic amines) is 1. The zero-order chi connectivity index (χ0) is 28.4. The summed E-state index contributed by atoms with van der Waals surface area (Å²) in [5.41, 5.74) is 8.55. The molecule has 5 heterocycles. The van der Waals surface area contributed by atoms with Crippen molar-refractivity contribution in [2.24, 2.45) is 5.73 Å². The van der Waals surface area contributed by atoms with Crippen LogP contribution in [0.1, 0.15) is 49.9 Å². The minimum absolute atomic E-state index is 0.0160. The highest BCUT2D eigenvalue weighted by Gasteiger charge is 2.30. The monoisotopic (exact) mass is 606 g/mol. The number of anilines is 2. The molecule has 14 heteroatoms. The van der Waals surface area contributed by atoms with Gasteiger partial charge in [0.2, 0.25) is 0 Å². The van der Waals surface area contributed by atoms with Crippen LogP contribution < -0.4 is 16.0 Å². The molecule has 2 fully saturated rings. The van der Waals surface area contributed by atoms with Crippen LogP contribution in [-0.4, -0.2) is 85.4 Å². The summed E-state index contributed by atoms with van der Waals surface area (Å²) in [4.78, 5) is 32.4. The summed E-state index contributed by atoms with van der Waals surface area (Å²) in [6, 6.07) is 2.47. The van der Waals surface area contributed by atoms with Crippen LogP contribution >= 0.6 is 34.3 Å². The first-order valence-electron chi connectivity index (χ1n) is 13.4. The Labute approximate surface area is 246 Å².